The van der Waals surface area contributed by atoms with E-state index >= 15 is 0 Å². The third kappa shape index (κ3) is 7.45. The predicted octanol–water partition coefficient (Wildman–Crippen LogP) is 3.88. The van der Waals surface area contributed by atoms with Gasteiger partial charge in [0.15, 0.2) is 5.96 Å². The molecule has 1 aromatic rings. The van der Waals surface area contributed by atoms with E-state index in [0.717, 1.165) is 18.7 Å². The van der Waals surface area contributed by atoms with Gasteiger partial charge in [-0.2, -0.15) is 0 Å². The Balaban J connectivity index is 0.00000441. The maximum absolute atomic E-state index is 5.95. The molecule has 1 aromatic carbocycles. The molecule has 0 heterocycles. The fourth-order valence-corrected chi connectivity index (χ4v) is 2.02. The molecule has 0 aromatic heterocycles. The minimum absolute atomic E-state index is 0. The van der Waals surface area contributed by atoms with Crippen molar-refractivity contribution >= 4 is 35.6 Å². The van der Waals surface area contributed by atoms with Crippen LogP contribution in [0.25, 0.3) is 0 Å². The summed E-state index contributed by atoms with van der Waals surface area (Å²) in [5.74, 6) is 0.988. The van der Waals surface area contributed by atoms with Crippen molar-refractivity contribution in [1.29, 1.82) is 0 Å². The Hall–Kier alpha value is -0.820. The first kappa shape index (κ1) is 21.2. The minimum atomic E-state index is 0. The highest BCUT2D eigenvalue weighted by atomic mass is 127. The number of likely N-dealkylation sites (N-methyl/N-ethyl adjacent to an activating group) is 1. The Labute approximate surface area is 152 Å². The monoisotopic (exact) mass is 418 g/mol. The van der Waals surface area contributed by atoms with Crippen molar-refractivity contribution in [2.75, 3.05) is 25.5 Å². The van der Waals surface area contributed by atoms with Crippen LogP contribution in [-0.2, 0) is 0 Å². The minimum Gasteiger partial charge on any atom is -0.370 e. The number of guanidine groups is 1. The summed E-state index contributed by atoms with van der Waals surface area (Å²) >= 11 is 0. The van der Waals surface area contributed by atoms with Gasteiger partial charge in [0.1, 0.15) is 0 Å². The lowest BCUT2D eigenvalue weighted by molar-refractivity contribution is 0.259. The Morgan fingerprint density at radius 2 is 2.00 bits per heavy atom. The standard InChI is InChI=1S/C17H30N4.HI/c1-6-14(4)21(5)11-10-19-17(18)20-16-9-7-8-15(12-16)13(2)3;/h7-9,12-14H,6,10-11H2,1-5H3,(H3,18,19,20);1H. The molecule has 0 bridgehead atoms. The molecule has 0 spiro atoms. The summed E-state index contributed by atoms with van der Waals surface area (Å²) in [6.45, 7) is 10.4. The molecule has 0 fully saturated rings. The van der Waals surface area contributed by atoms with E-state index < -0.39 is 0 Å². The number of rotatable bonds is 7. The van der Waals surface area contributed by atoms with Crippen LogP contribution < -0.4 is 11.1 Å². The first-order valence-corrected chi connectivity index (χ1v) is 7.81. The number of benzene rings is 1. The van der Waals surface area contributed by atoms with Gasteiger partial charge in [-0.15, -0.1) is 24.0 Å². The largest absolute Gasteiger partial charge is 0.370 e. The van der Waals surface area contributed by atoms with E-state index in [1.165, 1.54) is 5.56 Å². The fourth-order valence-electron chi connectivity index (χ4n) is 2.02. The highest BCUT2D eigenvalue weighted by Gasteiger charge is 2.05. The number of nitrogens with one attached hydrogen (secondary N) is 1. The number of hydrogen-bond donors (Lipinski definition) is 2. The van der Waals surface area contributed by atoms with Gasteiger partial charge in [0, 0.05) is 18.3 Å². The van der Waals surface area contributed by atoms with Crippen molar-refractivity contribution in [3.63, 3.8) is 0 Å². The summed E-state index contributed by atoms with van der Waals surface area (Å²) in [6.07, 6.45) is 1.15. The molecule has 0 amide bonds. The summed E-state index contributed by atoms with van der Waals surface area (Å²) in [6, 6.07) is 8.89. The van der Waals surface area contributed by atoms with Crippen LogP contribution in [0.4, 0.5) is 5.69 Å². The molecule has 22 heavy (non-hydrogen) atoms. The molecule has 5 heteroatoms. The Morgan fingerprint density at radius 1 is 1.32 bits per heavy atom. The van der Waals surface area contributed by atoms with Crippen LogP contribution >= 0.6 is 24.0 Å². The van der Waals surface area contributed by atoms with E-state index in [4.69, 9.17) is 5.73 Å². The van der Waals surface area contributed by atoms with E-state index in [9.17, 15) is 0 Å². The van der Waals surface area contributed by atoms with Crippen molar-refractivity contribution in [3.05, 3.63) is 29.8 Å². The molecule has 1 rings (SSSR count). The molecule has 0 aliphatic carbocycles. The summed E-state index contributed by atoms with van der Waals surface area (Å²) in [4.78, 5) is 6.69. The third-order valence-corrected chi connectivity index (χ3v) is 3.90. The maximum Gasteiger partial charge on any atom is 0.193 e. The lowest BCUT2D eigenvalue weighted by atomic mass is 10.0. The number of halogens is 1. The maximum atomic E-state index is 5.95. The molecular weight excluding hydrogens is 387 g/mol. The molecule has 0 radical (unpaired) electrons. The molecule has 126 valence electrons. The predicted molar refractivity (Wildman–Crippen MR) is 108 cm³/mol. The molecule has 1 unspecified atom stereocenters. The van der Waals surface area contributed by atoms with E-state index in [1.54, 1.807) is 0 Å². The molecule has 0 saturated carbocycles. The van der Waals surface area contributed by atoms with Crippen molar-refractivity contribution in [3.8, 4) is 0 Å². The number of anilines is 1. The summed E-state index contributed by atoms with van der Waals surface area (Å²) in [7, 11) is 2.12. The molecule has 0 aliphatic rings. The van der Waals surface area contributed by atoms with Crippen molar-refractivity contribution in [2.24, 2.45) is 10.7 Å². The van der Waals surface area contributed by atoms with Gasteiger partial charge in [0.2, 0.25) is 0 Å². The third-order valence-electron chi connectivity index (χ3n) is 3.90. The summed E-state index contributed by atoms with van der Waals surface area (Å²) in [5, 5.41) is 3.16. The van der Waals surface area contributed by atoms with Gasteiger partial charge < -0.3 is 16.0 Å². The van der Waals surface area contributed by atoms with Crippen LogP contribution in [0.3, 0.4) is 0 Å². The van der Waals surface area contributed by atoms with Gasteiger partial charge in [-0.25, -0.2) is 0 Å². The molecule has 0 aliphatic heterocycles. The molecule has 0 saturated heterocycles. The topological polar surface area (TPSA) is 53.6 Å². The second-order valence-corrected chi connectivity index (χ2v) is 5.91. The number of nitrogens with two attached hydrogens (primary N) is 1. The van der Waals surface area contributed by atoms with Crippen LogP contribution in [0.15, 0.2) is 29.3 Å². The van der Waals surface area contributed by atoms with E-state index in [0.29, 0.717) is 24.5 Å². The van der Waals surface area contributed by atoms with Crippen molar-refractivity contribution in [1.82, 2.24) is 4.90 Å². The lowest BCUT2D eigenvalue weighted by Crippen LogP contribution is -2.31. The molecule has 4 nitrogen and oxygen atoms in total. The van der Waals surface area contributed by atoms with Crippen molar-refractivity contribution < 1.29 is 0 Å². The first-order chi connectivity index (χ1) is 9.93. The number of hydrogen-bond acceptors (Lipinski definition) is 2. The Bertz CT molecular complexity index is 460. The molecule has 1 atom stereocenters. The van der Waals surface area contributed by atoms with Gasteiger partial charge in [-0.3, -0.25) is 4.99 Å². The van der Waals surface area contributed by atoms with Crippen LogP contribution in [-0.4, -0.2) is 37.0 Å². The number of aliphatic imine (C=N–C) groups is 1. The second kappa shape index (κ2) is 10.8. The van der Waals surface area contributed by atoms with Crippen molar-refractivity contribution in [2.45, 2.75) is 46.1 Å². The average molecular weight is 418 g/mol. The van der Waals surface area contributed by atoms with Gasteiger partial charge in [0.25, 0.3) is 0 Å². The highest BCUT2D eigenvalue weighted by Crippen LogP contribution is 2.18. The van der Waals surface area contributed by atoms with Gasteiger partial charge in [-0.05, 0) is 44.0 Å². The smallest absolute Gasteiger partial charge is 0.193 e. The van der Waals surface area contributed by atoms with Crippen LogP contribution in [0, 0.1) is 0 Å². The Morgan fingerprint density at radius 3 is 2.59 bits per heavy atom. The highest BCUT2D eigenvalue weighted by molar-refractivity contribution is 14.0. The Kier molecular flexibility index (Phi) is 10.4. The van der Waals surface area contributed by atoms with Gasteiger partial charge in [-0.1, -0.05) is 32.9 Å². The fraction of sp³-hybridized carbons (Fsp3) is 0.588. The molecule has 3 N–H and O–H groups in total. The summed E-state index contributed by atoms with van der Waals surface area (Å²) in [5.41, 5.74) is 8.24. The van der Waals surface area contributed by atoms with Crippen LogP contribution in [0.2, 0.25) is 0 Å². The second-order valence-electron chi connectivity index (χ2n) is 5.91. The zero-order chi connectivity index (χ0) is 15.8. The number of nitrogens with zero attached hydrogens (tertiary/aromatic N) is 2. The van der Waals surface area contributed by atoms with E-state index in [2.05, 4.69) is 62.1 Å². The van der Waals surface area contributed by atoms with Gasteiger partial charge in [0.05, 0.1) is 6.54 Å². The normalized spacial score (nSPS) is 13.1. The molecular formula is C17H31IN4. The lowest BCUT2D eigenvalue weighted by Gasteiger charge is -2.22. The first-order valence-electron chi connectivity index (χ1n) is 7.81. The SMILES string of the molecule is CCC(C)N(C)CCN=C(N)Nc1cccc(C(C)C)c1.I. The summed E-state index contributed by atoms with van der Waals surface area (Å²) < 4.78 is 0. The zero-order valence-electron chi connectivity index (χ0n) is 14.5. The van der Waals surface area contributed by atoms with Crippen LogP contribution in [0.5, 0.6) is 0 Å². The average Bonchev–Trinajstić information content (AvgIpc) is 2.46. The quantitative estimate of drug-likeness (QED) is 0.402. The zero-order valence-corrected chi connectivity index (χ0v) is 16.8. The van der Waals surface area contributed by atoms with Gasteiger partial charge >= 0.3 is 0 Å². The van der Waals surface area contributed by atoms with E-state index in [1.807, 2.05) is 12.1 Å². The van der Waals surface area contributed by atoms with Crippen LogP contribution in [0.1, 0.15) is 45.6 Å². The van der Waals surface area contributed by atoms with E-state index in [-0.39, 0.29) is 24.0 Å².